The second-order valence-corrected chi connectivity index (χ2v) is 7.60. The summed E-state index contributed by atoms with van der Waals surface area (Å²) in [5, 5.41) is 0. The van der Waals surface area contributed by atoms with Crippen molar-refractivity contribution in [2.45, 2.75) is 39.0 Å². The van der Waals surface area contributed by atoms with E-state index in [1.807, 2.05) is 26.8 Å². The molecule has 3 aliphatic heterocycles. The van der Waals surface area contributed by atoms with Gasteiger partial charge in [-0.15, -0.1) is 0 Å². The van der Waals surface area contributed by atoms with Crippen LogP contribution in [0.15, 0.2) is 12.1 Å². The zero-order valence-corrected chi connectivity index (χ0v) is 14.7. The lowest BCUT2D eigenvalue weighted by molar-refractivity contribution is 0.0194. The van der Waals surface area contributed by atoms with Crippen LogP contribution < -0.4 is 9.64 Å². The number of carbonyl (C=O) groups is 2. The molecule has 3 heterocycles. The Labute approximate surface area is 146 Å². The number of fused-ring (bicyclic) bond motifs is 5. The summed E-state index contributed by atoms with van der Waals surface area (Å²) >= 11 is 0. The molecule has 0 radical (unpaired) electrons. The molecule has 0 aromatic heterocycles. The maximum absolute atomic E-state index is 12.3. The van der Waals surface area contributed by atoms with Gasteiger partial charge in [-0.05, 0) is 32.9 Å². The lowest BCUT2D eigenvalue weighted by atomic mass is 10.0. The summed E-state index contributed by atoms with van der Waals surface area (Å²) < 4.78 is 16.5. The molecule has 7 nitrogen and oxygen atoms in total. The van der Waals surface area contributed by atoms with Gasteiger partial charge in [0.25, 0.3) is 0 Å². The van der Waals surface area contributed by atoms with Crippen LogP contribution in [0.3, 0.4) is 0 Å². The summed E-state index contributed by atoms with van der Waals surface area (Å²) in [5.74, 6) is 0.448. The predicted molar refractivity (Wildman–Crippen MR) is 90.0 cm³/mol. The van der Waals surface area contributed by atoms with Gasteiger partial charge in [-0.3, -0.25) is 0 Å². The second-order valence-electron chi connectivity index (χ2n) is 7.60. The molecule has 1 aromatic rings. The number of ether oxygens (including phenoxy) is 3. The van der Waals surface area contributed by atoms with Crippen LogP contribution in [0.25, 0.3) is 0 Å². The fourth-order valence-corrected chi connectivity index (χ4v) is 3.54. The molecule has 1 saturated heterocycles. The molecule has 4 rings (SSSR count). The van der Waals surface area contributed by atoms with E-state index in [2.05, 4.69) is 4.90 Å². The average molecular weight is 346 g/mol. The lowest BCUT2D eigenvalue weighted by Crippen LogP contribution is -2.59. The third kappa shape index (κ3) is 2.77. The molecule has 0 spiro atoms. The number of esters is 1. The number of piperazine rings is 1. The van der Waals surface area contributed by atoms with Crippen LogP contribution in [0.4, 0.5) is 10.5 Å². The van der Waals surface area contributed by atoms with E-state index in [1.54, 1.807) is 11.0 Å². The molecule has 1 amide bonds. The Hall–Kier alpha value is -2.44. The largest absolute Gasteiger partial charge is 0.489 e. The Morgan fingerprint density at radius 1 is 1.24 bits per heavy atom. The van der Waals surface area contributed by atoms with E-state index in [0.717, 1.165) is 17.0 Å². The van der Waals surface area contributed by atoms with Crippen molar-refractivity contribution in [3.63, 3.8) is 0 Å². The fourth-order valence-electron chi connectivity index (χ4n) is 3.54. The zero-order valence-electron chi connectivity index (χ0n) is 14.7. The van der Waals surface area contributed by atoms with E-state index in [9.17, 15) is 9.59 Å². The number of nitrogens with zero attached hydrogens (tertiary/aromatic N) is 2. The van der Waals surface area contributed by atoms with Crippen LogP contribution in [0.5, 0.6) is 5.75 Å². The molecule has 0 aliphatic carbocycles. The molecular formula is C18H22N2O5. The average Bonchev–Trinajstić information content (AvgIpc) is 2.94. The van der Waals surface area contributed by atoms with Crippen molar-refractivity contribution >= 4 is 17.7 Å². The third-order valence-electron chi connectivity index (χ3n) is 4.67. The van der Waals surface area contributed by atoms with E-state index in [0.29, 0.717) is 31.8 Å². The second kappa shape index (κ2) is 5.54. The minimum Gasteiger partial charge on any atom is -0.489 e. The first kappa shape index (κ1) is 16.1. The Balaban J connectivity index is 1.53. The molecule has 1 atom stereocenters. The smallest absolute Gasteiger partial charge is 0.410 e. The van der Waals surface area contributed by atoms with Gasteiger partial charge in [0.1, 0.15) is 24.6 Å². The number of hydrogen-bond donors (Lipinski definition) is 0. The van der Waals surface area contributed by atoms with Gasteiger partial charge < -0.3 is 24.0 Å². The van der Waals surface area contributed by atoms with Gasteiger partial charge in [-0.1, -0.05) is 0 Å². The summed E-state index contributed by atoms with van der Waals surface area (Å²) in [4.78, 5) is 28.0. The topological polar surface area (TPSA) is 68.3 Å². The van der Waals surface area contributed by atoms with E-state index in [1.165, 1.54) is 0 Å². The van der Waals surface area contributed by atoms with Gasteiger partial charge >= 0.3 is 12.1 Å². The minimum atomic E-state index is -0.503. The number of benzene rings is 1. The van der Waals surface area contributed by atoms with E-state index >= 15 is 0 Å². The normalized spacial score (nSPS) is 21.7. The van der Waals surface area contributed by atoms with Gasteiger partial charge in [0.15, 0.2) is 0 Å². The molecule has 7 heteroatoms. The van der Waals surface area contributed by atoms with E-state index in [-0.39, 0.29) is 24.7 Å². The van der Waals surface area contributed by atoms with Crippen LogP contribution in [-0.2, 0) is 16.1 Å². The highest BCUT2D eigenvalue weighted by molar-refractivity contribution is 5.95. The van der Waals surface area contributed by atoms with Gasteiger partial charge in [-0.2, -0.15) is 0 Å². The molecule has 0 bridgehead atoms. The van der Waals surface area contributed by atoms with Gasteiger partial charge in [-0.25, -0.2) is 9.59 Å². The number of hydrogen-bond acceptors (Lipinski definition) is 6. The van der Waals surface area contributed by atoms with Crippen molar-refractivity contribution < 1.29 is 23.8 Å². The maximum atomic E-state index is 12.3. The van der Waals surface area contributed by atoms with Crippen molar-refractivity contribution in [1.82, 2.24) is 4.90 Å². The number of amides is 1. The Morgan fingerprint density at radius 2 is 2.04 bits per heavy atom. The quantitative estimate of drug-likeness (QED) is 0.671. The van der Waals surface area contributed by atoms with Crippen molar-refractivity contribution in [2.75, 3.05) is 31.1 Å². The SMILES string of the molecule is CC(C)(C)OC(=O)N1CCN2c3ccc4c(c3OC[C@@H]2C1)COC4=O. The number of rotatable bonds is 0. The Morgan fingerprint density at radius 3 is 2.80 bits per heavy atom. The van der Waals surface area contributed by atoms with Gasteiger partial charge in [0, 0.05) is 25.2 Å². The molecule has 1 aromatic carbocycles. The Kier molecular flexibility index (Phi) is 3.56. The number of carbonyl (C=O) groups excluding carboxylic acids is 2. The van der Waals surface area contributed by atoms with Crippen molar-refractivity contribution in [1.29, 1.82) is 0 Å². The molecule has 134 valence electrons. The molecule has 1 fully saturated rings. The molecule has 3 aliphatic rings. The first-order valence-electron chi connectivity index (χ1n) is 8.54. The van der Waals surface area contributed by atoms with Gasteiger partial charge in [0.2, 0.25) is 0 Å². The van der Waals surface area contributed by atoms with Crippen LogP contribution in [0, 0.1) is 0 Å². The van der Waals surface area contributed by atoms with Crippen molar-refractivity contribution in [2.24, 2.45) is 0 Å². The number of cyclic esters (lactones) is 1. The minimum absolute atomic E-state index is 0.0739. The first-order chi connectivity index (χ1) is 11.8. The van der Waals surface area contributed by atoms with Crippen LogP contribution in [-0.4, -0.2) is 54.8 Å². The van der Waals surface area contributed by atoms with Crippen LogP contribution in [0.1, 0.15) is 36.7 Å². The molecular weight excluding hydrogens is 324 g/mol. The van der Waals surface area contributed by atoms with Crippen molar-refractivity contribution in [3.8, 4) is 5.75 Å². The zero-order chi connectivity index (χ0) is 17.8. The molecule has 0 unspecified atom stereocenters. The van der Waals surface area contributed by atoms with Crippen LogP contribution in [0.2, 0.25) is 0 Å². The summed E-state index contributed by atoms with van der Waals surface area (Å²) in [6, 6.07) is 3.79. The summed E-state index contributed by atoms with van der Waals surface area (Å²) in [6.45, 7) is 8.18. The van der Waals surface area contributed by atoms with E-state index < -0.39 is 5.60 Å². The lowest BCUT2D eigenvalue weighted by Gasteiger charge is -2.45. The standard InChI is InChI=1S/C18H22N2O5/c1-18(2,3)25-17(22)19-6-7-20-11(8-19)9-23-15-13-10-24-16(21)12(13)4-5-14(15)20/h4-5,11H,6-10H2,1-3H3/t11-/m0/s1. The summed E-state index contributed by atoms with van der Waals surface area (Å²) in [5.41, 5.74) is 1.88. The Bertz CT molecular complexity index is 740. The highest BCUT2D eigenvalue weighted by Crippen LogP contribution is 2.42. The molecule has 0 N–H and O–H groups in total. The first-order valence-corrected chi connectivity index (χ1v) is 8.54. The predicted octanol–water partition coefficient (Wildman–Crippen LogP) is 2.18. The summed E-state index contributed by atoms with van der Waals surface area (Å²) in [6.07, 6.45) is -0.286. The molecule has 25 heavy (non-hydrogen) atoms. The van der Waals surface area contributed by atoms with E-state index in [4.69, 9.17) is 14.2 Å². The summed E-state index contributed by atoms with van der Waals surface area (Å²) in [7, 11) is 0. The van der Waals surface area contributed by atoms with Gasteiger partial charge in [0.05, 0.1) is 17.3 Å². The third-order valence-corrected chi connectivity index (χ3v) is 4.67. The monoisotopic (exact) mass is 346 g/mol. The highest BCUT2D eigenvalue weighted by Gasteiger charge is 2.38. The molecule has 0 saturated carbocycles. The fraction of sp³-hybridized carbons (Fsp3) is 0.556. The van der Waals surface area contributed by atoms with Crippen molar-refractivity contribution in [3.05, 3.63) is 23.3 Å². The maximum Gasteiger partial charge on any atom is 0.410 e. The number of anilines is 1. The highest BCUT2D eigenvalue weighted by atomic mass is 16.6. The van der Waals surface area contributed by atoms with Crippen LogP contribution >= 0.6 is 0 Å².